The van der Waals surface area contributed by atoms with Gasteiger partial charge in [0.1, 0.15) is 6.10 Å². The van der Waals surface area contributed by atoms with Crippen LogP contribution < -0.4 is 5.32 Å². The minimum absolute atomic E-state index is 0.0495. The molecule has 3 atom stereocenters. The van der Waals surface area contributed by atoms with Crippen LogP contribution in [0.15, 0.2) is 36.0 Å². The molecular weight excluding hydrogens is 494 g/mol. The second-order valence-electron chi connectivity index (χ2n) is 12.8. The normalized spacial score (nSPS) is 32.5. The van der Waals surface area contributed by atoms with Crippen LogP contribution in [0.5, 0.6) is 0 Å². The molecule has 0 aromatic carbocycles. The summed E-state index contributed by atoms with van der Waals surface area (Å²) in [7, 11) is 2.05. The van der Waals surface area contributed by atoms with Crippen molar-refractivity contribution in [1.82, 2.24) is 15.1 Å². The summed E-state index contributed by atoms with van der Waals surface area (Å²) in [5.74, 6) is 0.535. The summed E-state index contributed by atoms with van der Waals surface area (Å²) in [4.78, 5) is 28.6. The number of carbonyl (C=O) groups excluding carboxylic acids is 2. The third-order valence-electron chi connectivity index (χ3n) is 8.45. The molecule has 4 aliphatic rings. The molecule has 8 heteroatoms. The lowest BCUT2D eigenvalue weighted by Crippen LogP contribution is -2.47. The van der Waals surface area contributed by atoms with Gasteiger partial charge in [0.2, 0.25) is 5.91 Å². The maximum Gasteiger partial charge on any atom is 0.410 e. The number of allylic oxidation sites excluding steroid dienone is 3. The standard InChI is InChI=1S/C31H49N3O5/c1-23(7-14-27-20-31(22-37-31)21-30(3,4)39-27)6-9-25-10-12-26(13-11-25)32-28(35)15-8-24(2)38-29(36)34-18-16-33(5)17-19-34/h6-8,14-15,24-27H,9-13,16-22H2,1-5H3,(H,32,35)/t24?,25?,26?,27-,31-/m1/s1. The first-order valence-electron chi connectivity index (χ1n) is 14.8. The molecule has 4 fully saturated rings. The monoisotopic (exact) mass is 543 g/mol. The molecule has 3 aliphatic heterocycles. The number of hydrogen-bond donors (Lipinski definition) is 1. The molecule has 1 unspecified atom stereocenters. The van der Waals surface area contributed by atoms with Crippen LogP contribution in [0, 0.1) is 5.92 Å². The quantitative estimate of drug-likeness (QED) is 0.274. The molecule has 1 N–H and O–H groups in total. The Morgan fingerprint density at radius 1 is 1.10 bits per heavy atom. The van der Waals surface area contributed by atoms with Crippen LogP contribution in [-0.2, 0) is 19.0 Å². The Morgan fingerprint density at radius 3 is 2.46 bits per heavy atom. The third-order valence-corrected chi connectivity index (χ3v) is 8.45. The number of nitrogens with zero attached hydrogens (tertiary/aromatic N) is 2. The van der Waals surface area contributed by atoms with Gasteiger partial charge < -0.3 is 29.3 Å². The van der Waals surface area contributed by atoms with E-state index >= 15 is 0 Å². The van der Waals surface area contributed by atoms with E-state index in [1.807, 2.05) is 7.05 Å². The molecule has 0 radical (unpaired) electrons. The molecule has 218 valence electrons. The molecule has 0 aromatic rings. The zero-order valence-corrected chi connectivity index (χ0v) is 24.6. The molecule has 1 aliphatic carbocycles. The number of hydrogen-bond acceptors (Lipinski definition) is 6. The van der Waals surface area contributed by atoms with Gasteiger partial charge in [-0.25, -0.2) is 4.79 Å². The van der Waals surface area contributed by atoms with Crippen LogP contribution >= 0.6 is 0 Å². The fourth-order valence-electron chi connectivity index (χ4n) is 6.09. The number of rotatable bonds is 8. The zero-order valence-electron chi connectivity index (χ0n) is 24.6. The maximum atomic E-state index is 12.4. The summed E-state index contributed by atoms with van der Waals surface area (Å²) < 4.78 is 17.5. The van der Waals surface area contributed by atoms with Gasteiger partial charge in [-0.15, -0.1) is 0 Å². The van der Waals surface area contributed by atoms with Gasteiger partial charge in [-0.05, 0) is 78.8 Å². The minimum Gasteiger partial charge on any atom is -0.442 e. The first-order chi connectivity index (χ1) is 18.5. The predicted octanol–water partition coefficient (Wildman–Crippen LogP) is 4.61. The Bertz CT molecular complexity index is 932. The van der Waals surface area contributed by atoms with Gasteiger partial charge in [0.25, 0.3) is 0 Å². The average molecular weight is 544 g/mol. The van der Waals surface area contributed by atoms with Gasteiger partial charge in [0.15, 0.2) is 0 Å². The van der Waals surface area contributed by atoms with Crippen molar-refractivity contribution in [1.29, 1.82) is 0 Å². The van der Waals surface area contributed by atoms with Crippen molar-refractivity contribution in [3.05, 3.63) is 36.0 Å². The van der Waals surface area contributed by atoms with Crippen LogP contribution in [0.1, 0.15) is 72.6 Å². The smallest absolute Gasteiger partial charge is 0.410 e. The minimum atomic E-state index is -0.443. The largest absolute Gasteiger partial charge is 0.442 e. The highest BCUT2D eigenvalue weighted by Gasteiger charge is 2.53. The summed E-state index contributed by atoms with van der Waals surface area (Å²) in [6.45, 7) is 12.2. The lowest BCUT2D eigenvalue weighted by atomic mass is 9.83. The van der Waals surface area contributed by atoms with E-state index < -0.39 is 6.10 Å². The maximum absolute atomic E-state index is 12.4. The SMILES string of the molecule is CC(C=C[C@@H]1C[C@]2(CO2)CC(C)(C)O1)=CCC1CCC(NC(=O)C=CC(C)OC(=O)N2CCN(C)CC2)CC1. The summed E-state index contributed by atoms with van der Waals surface area (Å²) in [6, 6.07) is 0.204. The number of ether oxygens (including phenoxy) is 3. The molecule has 0 aromatic heterocycles. The molecule has 1 spiro atoms. The highest BCUT2D eigenvalue weighted by Crippen LogP contribution is 2.46. The molecule has 2 amide bonds. The lowest BCUT2D eigenvalue weighted by Gasteiger charge is -2.38. The summed E-state index contributed by atoms with van der Waals surface area (Å²) >= 11 is 0. The van der Waals surface area contributed by atoms with Crippen molar-refractivity contribution in [2.24, 2.45) is 5.92 Å². The van der Waals surface area contributed by atoms with E-state index in [2.05, 4.69) is 49.2 Å². The van der Waals surface area contributed by atoms with E-state index in [4.69, 9.17) is 14.2 Å². The van der Waals surface area contributed by atoms with Crippen molar-refractivity contribution < 1.29 is 23.8 Å². The predicted molar refractivity (Wildman–Crippen MR) is 152 cm³/mol. The van der Waals surface area contributed by atoms with Crippen LogP contribution in [0.4, 0.5) is 4.79 Å². The Balaban J connectivity index is 1.11. The van der Waals surface area contributed by atoms with E-state index in [0.717, 1.165) is 64.6 Å². The van der Waals surface area contributed by atoms with Crippen molar-refractivity contribution >= 4 is 12.0 Å². The van der Waals surface area contributed by atoms with Gasteiger partial charge >= 0.3 is 6.09 Å². The van der Waals surface area contributed by atoms with Crippen molar-refractivity contribution in [3.63, 3.8) is 0 Å². The highest BCUT2D eigenvalue weighted by atomic mass is 16.6. The van der Waals surface area contributed by atoms with Gasteiger partial charge in [0.05, 0.1) is 23.9 Å². The number of likely N-dealkylation sites (N-methyl/N-ethyl adjacent to an activating group) is 1. The van der Waals surface area contributed by atoms with Crippen molar-refractivity contribution in [2.75, 3.05) is 39.8 Å². The number of nitrogens with one attached hydrogen (secondary N) is 1. The number of amides is 2. The van der Waals surface area contributed by atoms with Gasteiger partial charge in [-0.1, -0.05) is 23.8 Å². The molecule has 8 nitrogen and oxygen atoms in total. The van der Waals surface area contributed by atoms with E-state index in [-0.39, 0.29) is 35.3 Å². The molecule has 39 heavy (non-hydrogen) atoms. The Kier molecular flexibility index (Phi) is 9.94. The number of epoxide rings is 1. The van der Waals surface area contributed by atoms with E-state index in [1.54, 1.807) is 17.9 Å². The molecule has 4 rings (SSSR count). The fraction of sp³-hybridized carbons (Fsp3) is 0.742. The average Bonchev–Trinajstić information content (AvgIpc) is 3.62. The van der Waals surface area contributed by atoms with Gasteiger partial charge in [-0.2, -0.15) is 0 Å². The Labute approximate surface area is 234 Å². The highest BCUT2D eigenvalue weighted by molar-refractivity contribution is 5.87. The van der Waals surface area contributed by atoms with Crippen LogP contribution in [0.3, 0.4) is 0 Å². The van der Waals surface area contributed by atoms with Crippen molar-refractivity contribution in [2.45, 2.75) is 102 Å². The van der Waals surface area contributed by atoms with E-state index in [9.17, 15) is 9.59 Å². The Hall–Kier alpha value is -2.16. The van der Waals surface area contributed by atoms with Crippen molar-refractivity contribution in [3.8, 4) is 0 Å². The van der Waals surface area contributed by atoms with Gasteiger partial charge in [0, 0.05) is 51.1 Å². The molecule has 3 heterocycles. The number of piperazine rings is 1. The first kappa shape index (κ1) is 29.8. The summed E-state index contributed by atoms with van der Waals surface area (Å²) in [5, 5.41) is 3.12. The Morgan fingerprint density at radius 2 is 1.79 bits per heavy atom. The molecule has 1 saturated carbocycles. The fourth-order valence-corrected chi connectivity index (χ4v) is 6.09. The lowest BCUT2D eigenvalue weighted by molar-refractivity contribution is -0.117. The topological polar surface area (TPSA) is 83.6 Å². The number of carbonyl (C=O) groups is 2. The van der Waals surface area contributed by atoms with E-state index in [0.29, 0.717) is 19.0 Å². The van der Waals surface area contributed by atoms with E-state index in [1.165, 1.54) is 11.6 Å². The first-order valence-corrected chi connectivity index (χ1v) is 14.8. The second kappa shape index (κ2) is 13.0. The summed E-state index contributed by atoms with van der Waals surface area (Å²) in [5.41, 5.74) is 1.19. The zero-order chi connectivity index (χ0) is 28.0. The van der Waals surface area contributed by atoms with Gasteiger partial charge in [-0.3, -0.25) is 4.79 Å². The molecule has 0 bridgehead atoms. The van der Waals surface area contributed by atoms with Crippen LogP contribution in [0.25, 0.3) is 0 Å². The van der Waals surface area contributed by atoms with Crippen LogP contribution in [0.2, 0.25) is 0 Å². The molecule has 3 saturated heterocycles. The second-order valence-corrected chi connectivity index (χ2v) is 12.8. The van der Waals surface area contributed by atoms with Crippen LogP contribution in [-0.4, -0.2) is 91.1 Å². The third kappa shape index (κ3) is 9.47. The molecular formula is C31H49N3O5. The summed E-state index contributed by atoms with van der Waals surface area (Å²) in [6.07, 6.45) is 16.5.